The SMILES string of the molecule is CCOC(=O)c1ccc(N(C)c2cc(CC)c3c(c2)C(C)(C)CO3)cc1. The van der Waals surface area contributed by atoms with Crippen molar-refractivity contribution in [2.45, 2.75) is 39.5 Å². The predicted octanol–water partition coefficient (Wildman–Crippen LogP) is 4.86. The van der Waals surface area contributed by atoms with Gasteiger partial charge < -0.3 is 14.4 Å². The fraction of sp³-hybridized carbons (Fsp3) is 0.409. The second kappa shape index (κ2) is 7.02. The molecular formula is C22H27NO3. The number of esters is 1. The van der Waals surface area contributed by atoms with E-state index in [9.17, 15) is 4.79 Å². The highest BCUT2D eigenvalue weighted by molar-refractivity contribution is 5.90. The molecule has 0 amide bonds. The molecule has 0 unspecified atom stereocenters. The molecule has 1 heterocycles. The third-order valence-corrected chi connectivity index (χ3v) is 4.99. The van der Waals surface area contributed by atoms with E-state index in [4.69, 9.17) is 9.47 Å². The molecule has 1 aliphatic heterocycles. The molecule has 0 radical (unpaired) electrons. The summed E-state index contributed by atoms with van der Waals surface area (Å²) < 4.78 is 11.0. The number of nitrogens with zero attached hydrogens (tertiary/aromatic N) is 1. The second-order valence-electron chi connectivity index (χ2n) is 7.33. The molecule has 2 aromatic carbocycles. The molecular weight excluding hydrogens is 326 g/mol. The zero-order valence-electron chi connectivity index (χ0n) is 16.3. The van der Waals surface area contributed by atoms with E-state index in [1.165, 1.54) is 11.1 Å². The van der Waals surface area contributed by atoms with Crippen LogP contribution in [0.25, 0.3) is 0 Å². The van der Waals surface area contributed by atoms with Crippen molar-refractivity contribution in [1.82, 2.24) is 0 Å². The normalized spacial score (nSPS) is 14.5. The van der Waals surface area contributed by atoms with E-state index in [2.05, 4.69) is 37.8 Å². The zero-order valence-corrected chi connectivity index (χ0v) is 16.3. The molecule has 0 saturated heterocycles. The quantitative estimate of drug-likeness (QED) is 0.719. The maximum absolute atomic E-state index is 11.8. The van der Waals surface area contributed by atoms with E-state index >= 15 is 0 Å². The molecule has 0 N–H and O–H groups in total. The summed E-state index contributed by atoms with van der Waals surface area (Å²) in [5, 5.41) is 0. The van der Waals surface area contributed by atoms with E-state index < -0.39 is 0 Å². The Morgan fingerprint density at radius 1 is 1.15 bits per heavy atom. The smallest absolute Gasteiger partial charge is 0.338 e. The average Bonchev–Trinajstić information content (AvgIpc) is 2.95. The molecule has 0 atom stereocenters. The van der Waals surface area contributed by atoms with Crippen molar-refractivity contribution < 1.29 is 14.3 Å². The third-order valence-electron chi connectivity index (χ3n) is 4.99. The van der Waals surface area contributed by atoms with Gasteiger partial charge in [0, 0.05) is 29.4 Å². The Hall–Kier alpha value is -2.49. The first-order chi connectivity index (χ1) is 12.4. The zero-order chi connectivity index (χ0) is 18.9. The van der Waals surface area contributed by atoms with Crippen molar-refractivity contribution in [2.24, 2.45) is 0 Å². The standard InChI is InChI=1S/C22H27NO3/c1-6-15-12-18(13-19-20(15)26-14-22(19,3)4)23(5)17-10-8-16(9-11-17)21(24)25-7-2/h8-13H,6-7,14H2,1-5H3. The van der Waals surface area contributed by atoms with Crippen molar-refractivity contribution in [3.8, 4) is 5.75 Å². The number of fused-ring (bicyclic) bond motifs is 1. The minimum absolute atomic E-state index is 0.0177. The summed E-state index contributed by atoms with van der Waals surface area (Å²) in [5.41, 5.74) is 5.24. The minimum atomic E-state index is -0.286. The number of anilines is 2. The van der Waals surface area contributed by atoms with Crippen LogP contribution in [-0.4, -0.2) is 26.2 Å². The number of benzene rings is 2. The summed E-state index contributed by atoms with van der Waals surface area (Å²) in [6.45, 7) is 9.50. The summed E-state index contributed by atoms with van der Waals surface area (Å²) in [5.74, 6) is 0.763. The Labute approximate surface area is 155 Å². The van der Waals surface area contributed by atoms with E-state index in [1.807, 2.05) is 38.2 Å². The fourth-order valence-corrected chi connectivity index (χ4v) is 3.32. The number of rotatable bonds is 5. The van der Waals surface area contributed by atoms with Gasteiger partial charge in [-0.15, -0.1) is 0 Å². The third kappa shape index (κ3) is 3.28. The van der Waals surface area contributed by atoms with Gasteiger partial charge in [0.15, 0.2) is 0 Å². The molecule has 2 aromatic rings. The van der Waals surface area contributed by atoms with E-state index in [-0.39, 0.29) is 11.4 Å². The van der Waals surface area contributed by atoms with Gasteiger partial charge in [-0.2, -0.15) is 0 Å². The lowest BCUT2D eigenvalue weighted by atomic mass is 9.85. The van der Waals surface area contributed by atoms with Crippen LogP contribution in [0, 0.1) is 0 Å². The van der Waals surface area contributed by atoms with Gasteiger partial charge in [0.25, 0.3) is 0 Å². The molecule has 1 aliphatic rings. The van der Waals surface area contributed by atoms with Crippen molar-refractivity contribution in [1.29, 1.82) is 0 Å². The highest BCUT2D eigenvalue weighted by Gasteiger charge is 2.34. The number of carbonyl (C=O) groups is 1. The first-order valence-corrected chi connectivity index (χ1v) is 9.18. The summed E-state index contributed by atoms with van der Waals surface area (Å²) in [4.78, 5) is 14.0. The highest BCUT2D eigenvalue weighted by atomic mass is 16.5. The molecule has 0 aromatic heterocycles. The van der Waals surface area contributed by atoms with Gasteiger partial charge in [0.05, 0.1) is 18.8 Å². The molecule has 4 heteroatoms. The minimum Gasteiger partial charge on any atom is -0.492 e. The van der Waals surface area contributed by atoms with Crippen LogP contribution in [-0.2, 0) is 16.6 Å². The molecule has 0 spiro atoms. The van der Waals surface area contributed by atoms with Gasteiger partial charge in [-0.3, -0.25) is 0 Å². The monoisotopic (exact) mass is 353 g/mol. The Bertz CT molecular complexity index is 809. The Morgan fingerprint density at radius 2 is 1.85 bits per heavy atom. The highest BCUT2D eigenvalue weighted by Crippen LogP contribution is 2.44. The van der Waals surface area contributed by atoms with Crippen LogP contribution in [0.15, 0.2) is 36.4 Å². The Morgan fingerprint density at radius 3 is 2.46 bits per heavy atom. The number of hydrogen-bond acceptors (Lipinski definition) is 4. The molecule has 0 saturated carbocycles. The number of ether oxygens (including phenoxy) is 2. The lowest BCUT2D eigenvalue weighted by Crippen LogP contribution is -2.19. The molecule has 0 fully saturated rings. The molecule has 26 heavy (non-hydrogen) atoms. The molecule has 4 nitrogen and oxygen atoms in total. The maximum atomic E-state index is 11.8. The van der Waals surface area contributed by atoms with Gasteiger partial charge in [0.1, 0.15) is 5.75 Å². The van der Waals surface area contributed by atoms with E-state index in [0.29, 0.717) is 12.2 Å². The summed E-state index contributed by atoms with van der Waals surface area (Å²) in [6.07, 6.45) is 0.932. The lowest BCUT2D eigenvalue weighted by molar-refractivity contribution is 0.0526. The van der Waals surface area contributed by atoms with Crippen molar-refractivity contribution >= 4 is 17.3 Å². The Balaban J connectivity index is 1.93. The van der Waals surface area contributed by atoms with Gasteiger partial charge in [-0.1, -0.05) is 20.8 Å². The molecule has 138 valence electrons. The fourth-order valence-electron chi connectivity index (χ4n) is 3.32. The topological polar surface area (TPSA) is 38.8 Å². The van der Waals surface area contributed by atoms with Crippen LogP contribution < -0.4 is 9.64 Å². The summed E-state index contributed by atoms with van der Waals surface area (Å²) in [7, 11) is 2.04. The van der Waals surface area contributed by atoms with Gasteiger partial charge in [-0.25, -0.2) is 4.79 Å². The number of hydrogen-bond donors (Lipinski definition) is 0. The van der Waals surface area contributed by atoms with E-state index in [0.717, 1.165) is 30.2 Å². The Kier molecular flexibility index (Phi) is 4.94. The van der Waals surface area contributed by atoms with Gasteiger partial charge in [0.2, 0.25) is 0 Å². The van der Waals surface area contributed by atoms with Gasteiger partial charge >= 0.3 is 5.97 Å². The van der Waals surface area contributed by atoms with Crippen molar-refractivity contribution in [2.75, 3.05) is 25.2 Å². The maximum Gasteiger partial charge on any atom is 0.338 e. The number of carbonyl (C=O) groups excluding carboxylic acids is 1. The number of aryl methyl sites for hydroxylation is 1. The average molecular weight is 353 g/mol. The van der Waals surface area contributed by atoms with Crippen LogP contribution in [0.1, 0.15) is 49.2 Å². The van der Waals surface area contributed by atoms with Crippen LogP contribution in [0.2, 0.25) is 0 Å². The summed E-state index contributed by atoms with van der Waals surface area (Å²) >= 11 is 0. The van der Waals surface area contributed by atoms with Crippen molar-refractivity contribution in [3.63, 3.8) is 0 Å². The second-order valence-corrected chi connectivity index (χ2v) is 7.33. The largest absolute Gasteiger partial charge is 0.492 e. The van der Waals surface area contributed by atoms with Crippen LogP contribution in [0.3, 0.4) is 0 Å². The lowest BCUT2D eigenvalue weighted by Gasteiger charge is -2.23. The van der Waals surface area contributed by atoms with Gasteiger partial charge in [-0.05, 0) is 55.3 Å². The van der Waals surface area contributed by atoms with Crippen LogP contribution in [0.4, 0.5) is 11.4 Å². The molecule has 3 rings (SSSR count). The first kappa shape index (κ1) is 18.3. The van der Waals surface area contributed by atoms with Crippen LogP contribution in [0.5, 0.6) is 5.75 Å². The molecule has 0 aliphatic carbocycles. The van der Waals surface area contributed by atoms with Crippen LogP contribution >= 0.6 is 0 Å². The predicted molar refractivity (Wildman–Crippen MR) is 105 cm³/mol. The van der Waals surface area contributed by atoms with Crippen molar-refractivity contribution in [3.05, 3.63) is 53.1 Å². The first-order valence-electron chi connectivity index (χ1n) is 9.18. The van der Waals surface area contributed by atoms with E-state index in [1.54, 1.807) is 0 Å². The summed E-state index contributed by atoms with van der Waals surface area (Å²) in [6, 6.07) is 11.9. The molecule has 0 bridgehead atoms.